The Morgan fingerprint density at radius 2 is 1.68 bits per heavy atom. The van der Waals surface area contributed by atoms with Gasteiger partial charge in [0, 0.05) is 28.2 Å². The summed E-state index contributed by atoms with van der Waals surface area (Å²) < 4.78 is 50.8. The van der Waals surface area contributed by atoms with E-state index in [0.717, 1.165) is 24.3 Å². The highest BCUT2D eigenvalue weighted by Gasteiger charge is 2.30. The Balaban J connectivity index is 2.01. The van der Waals surface area contributed by atoms with Crippen molar-refractivity contribution >= 4 is 16.7 Å². The predicted molar refractivity (Wildman–Crippen MR) is 73.1 cm³/mol. The van der Waals surface area contributed by atoms with Gasteiger partial charge in [0.2, 0.25) is 0 Å². The lowest BCUT2D eigenvalue weighted by Crippen LogP contribution is -2.06. The third-order valence-corrected chi connectivity index (χ3v) is 3.36. The molecule has 0 saturated carbocycles. The summed E-state index contributed by atoms with van der Waals surface area (Å²) in [7, 11) is 0. The van der Waals surface area contributed by atoms with Gasteiger partial charge < -0.3 is 4.98 Å². The zero-order valence-electron chi connectivity index (χ0n) is 11.0. The highest BCUT2D eigenvalue weighted by Crippen LogP contribution is 2.30. The van der Waals surface area contributed by atoms with E-state index in [-0.39, 0.29) is 11.1 Å². The second-order valence-corrected chi connectivity index (χ2v) is 4.80. The predicted octanol–water partition coefficient (Wildman–Crippen LogP) is 4.56. The average Bonchev–Trinajstić information content (AvgIpc) is 2.88. The number of rotatable bonds is 2. The van der Waals surface area contributed by atoms with Crippen molar-refractivity contribution in [2.24, 2.45) is 0 Å². The molecule has 2 aromatic carbocycles. The number of ketones is 1. The first kappa shape index (κ1) is 14.3. The van der Waals surface area contributed by atoms with Crippen LogP contribution in [0.3, 0.4) is 0 Å². The highest BCUT2D eigenvalue weighted by molar-refractivity contribution is 6.16. The first-order valence-electron chi connectivity index (χ1n) is 6.35. The van der Waals surface area contributed by atoms with Crippen LogP contribution in [0.2, 0.25) is 0 Å². The Kier molecular flexibility index (Phi) is 3.24. The van der Waals surface area contributed by atoms with Crippen molar-refractivity contribution < 1.29 is 22.4 Å². The molecule has 0 bridgehead atoms. The number of alkyl halides is 3. The third-order valence-electron chi connectivity index (χ3n) is 3.36. The fourth-order valence-electron chi connectivity index (χ4n) is 2.25. The molecular weight excluding hydrogens is 298 g/mol. The Bertz CT molecular complexity index is 847. The van der Waals surface area contributed by atoms with Crippen molar-refractivity contribution in [1.82, 2.24) is 4.98 Å². The lowest BCUT2D eigenvalue weighted by atomic mass is 10.0. The quantitative estimate of drug-likeness (QED) is 0.546. The molecule has 0 unspecified atom stereocenters. The summed E-state index contributed by atoms with van der Waals surface area (Å²) in [6.07, 6.45) is -3.03. The van der Waals surface area contributed by atoms with E-state index in [2.05, 4.69) is 4.98 Å². The maximum atomic E-state index is 13.3. The van der Waals surface area contributed by atoms with Gasteiger partial charge in [-0.3, -0.25) is 4.79 Å². The van der Waals surface area contributed by atoms with Crippen molar-refractivity contribution in [1.29, 1.82) is 0 Å². The van der Waals surface area contributed by atoms with E-state index in [4.69, 9.17) is 0 Å². The number of aromatic amines is 1. The molecule has 0 radical (unpaired) electrons. The molecule has 1 heterocycles. The summed E-state index contributed by atoms with van der Waals surface area (Å²) in [4.78, 5) is 15.2. The van der Waals surface area contributed by atoms with Crippen molar-refractivity contribution in [3.05, 3.63) is 71.2 Å². The largest absolute Gasteiger partial charge is 0.416 e. The molecule has 112 valence electrons. The molecule has 1 N–H and O–H groups in total. The molecule has 2 nitrogen and oxygen atoms in total. The number of H-pyrrole nitrogens is 1. The lowest BCUT2D eigenvalue weighted by molar-refractivity contribution is -0.137. The molecule has 0 aliphatic rings. The first-order valence-corrected chi connectivity index (χ1v) is 6.35. The fraction of sp³-hybridized carbons (Fsp3) is 0.0625. The fourth-order valence-corrected chi connectivity index (χ4v) is 2.25. The Labute approximate surface area is 122 Å². The van der Waals surface area contributed by atoms with Crippen LogP contribution >= 0.6 is 0 Å². The Morgan fingerprint density at radius 1 is 1.00 bits per heavy atom. The minimum atomic E-state index is -4.45. The molecule has 3 aromatic rings. The van der Waals surface area contributed by atoms with E-state index in [1.807, 2.05) is 0 Å². The molecule has 0 aliphatic carbocycles. The second-order valence-electron chi connectivity index (χ2n) is 4.80. The van der Waals surface area contributed by atoms with E-state index >= 15 is 0 Å². The molecule has 0 amide bonds. The second kappa shape index (κ2) is 4.98. The van der Waals surface area contributed by atoms with Gasteiger partial charge in [0.15, 0.2) is 5.78 Å². The number of hydrogen-bond donors (Lipinski definition) is 1. The van der Waals surface area contributed by atoms with E-state index in [0.29, 0.717) is 10.9 Å². The smallest absolute Gasteiger partial charge is 0.360 e. The van der Waals surface area contributed by atoms with E-state index < -0.39 is 23.3 Å². The van der Waals surface area contributed by atoms with Crippen LogP contribution < -0.4 is 0 Å². The van der Waals surface area contributed by atoms with Gasteiger partial charge in [-0.05, 0) is 30.3 Å². The van der Waals surface area contributed by atoms with Gasteiger partial charge in [-0.2, -0.15) is 13.2 Å². The van der Waals surface area contributed by atoms with Gasteiger partial charge in [-0.1, -0.05) is 12.1 Å². The minimum Gasteiger partial charge on any atom is -0.360 e. The molecule has 0 aliphatic heterocycles. The Hall–Kier alpha value is -2.63. The van der Waals surface area contributed by atoms with E-state index in [1.54, 1.807) is 0 Å². The Morgan fingerprint density at radius 3 is 2.32 bits per heavy atom. The number of hydrogen-bond acceptors (Lipinski definition) is 1. The summed E-state index contributed by atoms with van der Waals surface area (Å²) in [6.45, 7) is 0. The highest BCUT2D eigenvalue weighted by atomic mass is 19.4. The van der Waals surface area contributed by atoms with E-state index in [1.165, 1.54) is 24.4 Å². The molecule has 0 fully saturated rings. The summed E-state index contributed by atoms with van der Waals surface area (Å²) in [5.41, 5.74) is 0.0816. The van der Waals surface area contributed by atoms with Gasteiger partial charge in [-0.15, -0.1) is 0 Å². The van der Waals surface area contributed by atoms with Crippen molar-refractivity contribution in [3.8, 4) is 0 Å². The van der Waals surface area contributed by atoms with Crippen LogP contribution in [0.15, 0.2) is 48.7 Å². The van der Waals surface area contributed by atoms with Crippen LogP contribution in [0.1, 0.15) is 21.5 Å². The number of carbonyl (C=O) groups is 1. The average molecular weight is 307 g/mol. The maximum Gasteiger partial charge on any atom is 0.416 e. The number of fused-ring (bicyclic) bond motifs is 1. The number of aromatic nitrogens is 1. The van der Waals surface area contributed by atoms with Gasteiger partial charge >= 0.3 is 6.18 Å². The lowest BCUT2D eigenvalue weighted by Gasteiger charge is -2.07. The standard InChI is InChI=1S/C16H9F4NO/c17-11-5-6-14-12(7-11)13(8-21-14)15(22)9-1-3-10(4-2-9)16(18,19)20/h1-8,21H. The topological polar surface area (TPSA) is 32.9 Å². The van der Waals surface area contributed by atoms with Crippen LogP contribution in [0.5, 0.6) is 0 Å². The normalized spacial score (nSPS) is 11.8. The van der Waals surface area contributed by atoms with Gasteiger partial charge in [0.1, 0.15) is 5.82 Å². The minimum absolute atomic E-state index is 0.109. The van der Waals surface area contributed by atoms with Crippen molar-refractivity contribution in [2.45, 2.75) is 6.18 Å². The van der Waals surface area contributed by atoms with Crippen LogP contribution in [0, 0.1) is 5.82 Å². The van der Waals surface area contributed by atoms with Gasteiger partial charge in [0.05, 0.1) is 5.56 Å². The van der Waals surface area contributed by atoms with Gasteiger partial charge in [0.25, 0.3) is 0 Å². The third kappa shape index (κ3) is 2.47. The van der Waals surface area contributed by atoms with Crippen molar-refractivity contribution in [3.63, 3.8) is 0 Å². The van der Waals surface area contributed by atoms with Crippen molar-refractivity contribution in [2.75, 3.05) is 0 Å². The molecule has 3 rings (SSSR count). The summed E-state index contributed by atoms with van der Waals surface area (Å²) >= 11 is 0. The summed E-state index contributed by atoms with van der Waals surface area (Å²) in [5, 5.41) is 0.393. The monoisotopic (exact) mass is 307 g/mol. The first-order chi connectivity index (χ1) is 10.4. The molecule has 0 saturated heterocycles. The van der Waals surface area contributed by atoms with Crippen LogP contribution in [-0.2, 0) is 6.18 Å². The molecule has 22 heavy (non-hydrogen) atoms. The van der Waals surface area contributed by atoms with Crippen LogP contribution in [-0.4, -0.2) is 10.8 Å². The number of benzene rings is 2. The summed E-state index contributed by atoms with van der Waals surface area (Å²) in [5.74, 6) is -0.959. The number of nitrogens with one attached hydrogen (secondary N) is 1. The molecule has 0 atom stereocenters. The molecule has 0 spiro atoms. The zero-order chi connectivity index (χ0) is 15.9. The SMILES string of the molecule is O=C(c1ccc(C(F)(F)F)cc1)c1c[nH]c2ccc(F)cc12. The molecule has 1 aromatic heterocycles. The van der Waals surface area contributed by atoms with Crippen LogP contribution in [0.4, 0.5) is 17.6 Å². The zero-order valence-corrected chi connectivity index (χ0v) is 11.0. The number of carbonyl (C=O) groups excluding carboxylic acids is 1. The van der Waals surface area contributed by atoms with E-state index in [9.17, 15) is 22.4 Å². The number of halogens is 4. The van der Waals surface area contributed by atoms with Gasteiger partial charge in [-0.25, -0.2) is 4.39 Å². The van der Waals surface area contributed by atoms with Crippen LogP contribution in [0.25, 0.3) is 10.9 Å². The maximum absolute atomic E-state index is 13.3. The molecular formula is C16H9F4NO. The molecule has 6 heteroatoms. The summed E-state index contributed by atoms with van der Waals surface area (Å²) in [6, 6.07) is 7.89.